The van der Waals surface area contributed by atoms with Crippen LogP contribution in [0.15, 0.2) is 18.2 Å². The fourth-order valence-electron chi connectivity index (χ4n) is 1.99. The maximum absolute atomic E-state index is 13.5. The molecule has 5 heteroatoms. The molecule has 0 radical (unpaired) electrons. The maximum Gasteiger partial charge on any atom is 0.233 e. The topological polar surface area (TPSA) is 50.4 Å². The summed E-state index contributed by atoms with van der Waals surface area (Å²) >= 11 is 0. The molecule has 1 aromatic carbocycles. The third kappa shape index (κ3) is 4.81. The summed E-state index contributed by atoms with van der Waals surface area (Å²) in [7, 11) is 1.44. The number of carbonyl (C=O) groups is 1. The van der Waals surface area contributed by atoms with Gasteiger partial charge in [0, 0.05) is 6.54 Å². The molecule has 1 amide bonds. The lowest BCUT2D eigenvalue weighted by molar-refractivity contribution is -0.120. The molecule has 2 N–H and O–H groups in total. The zero-order valence-electron chi connectivity index (χ0n) is 11.7. The zero-order valence-corrected chi connectivity index (χ0v) is 11.7. The van der Waals surface area contributed by atoms with Crippen molar-refractivity contribution in [3.63, 3.8) is 0 Å². The molecule has 0 atom stereocenters. The normalized spacial score (nSPS) is 14.1. The van der Waals surface area contributed by atoms with Crippen molar-refractivity contribution >= 4 is 5.91 Å². The van der Waals surface area contributed by atoms with Crippen LogP contribution in [-0.4, -0.2) is 32.7 Å². The molecule has 1 aliphatic rings. The van der Waals surface area contributed by atoms with E-state index in [9.17, 15) is 9.18 Å². The lowest BCUT2D eigenvalue weighted by Gasteiger charge is -2.07. The van der Waals surface area contributed by atoms with Gasteiger partial charge in [-0.2, -0.15) is 0 Å². The molecule has 0 aliphatic heterocycles. The highest BCUT2D eigenvalue weighted by atomic mass is 19.1. The molecule has 4 nitrogen and oxygen atoms in total. The van der Waals surface area contributed by atoms with E-state index in [1.807, 2.05) is 0 Å². The predicted octanol–water partition coefficient (Wildman–Crippen LogP) is 1.49. The molecule has 1 aromatic rings. The summed E-state index contributed by atoms with van der Waals surface area (Å²) in [6, 6.07) is 4.85. The number of hydrogen-bond acceptors (Lipinski definition) is 3. The molecule has 0 aromatic heterocycles. The Morgan fingerprint density at radius 2 is 2.25 bits per heavy atom. The van der Waals surface area contributed by atoms with Crippen molar-refractivity contribution in [3.8, 4) is 5.75 Å². The van der Waals surface area contributed by atoms with E-state index in [2.05, 4.69) is 10.6 Å². The van der Waals surface area contributed by atoms with Gasteiger partial charge in [-0.05, 0) is 49.4 Å². The summed E-state index contributed by atoms with van der Waals surface area (Å²) in [6.45, 7) is 1.79. The Labute approximate surface area is 118 Å². The van der Waals surface area contributed by atoms with E-state index >= 15 is 0 Å². The second-order valence-corrected chi connectivity index (χ2v) is 5.14. The Morgan fingerprint density at radius 3 is 2.90 bits per heavy atom. The summed E-state index contributed by atoms with van der Waals surface area (Å²) in [6.07, 6.45) is 3.16. The van der Waals surface area contributed by atoms with Crippen molar-refractivity contribution in [2.75, 3.05) is 26.7 Å². The number of benzene rings is 1. The van der Waals surface area contributed by atoms with Crippen LogP contribution in [0.2, 0.25) is 0 Å². The molecule has 20 heavy (non-hydrogen) atoms. The largest absolute Gasteiger partial charge is 0.494 e. The number of ether oxygens (including phenoxy) is 1. The highest BCUT2D eigenvalue weighted by Gasteiger charge is 2.20. The first-order valence-corrected chi connectivity index (χ1v) is 6.99. The van der Waals surface area contributed by atoms with Gasteiger partial charge in [0.1, 0.15) is 0 Å². The van der Waals surface area contributed by atoms with Gasteiger partial charge >= 0.3 is 0 Å². The Balaban J connectivity index is 1.64. The molecule has 1 saturated carbocycles. The van der Waals surface area contributed by atoms with E-state index in [1.54, 1.807) is 12.1 Å². The van der Waals surface area contributed by atoms with Gasteiger partial charge in [-0.25, -0.2) is 4.39 Å². The second-order valence-electron chi connectivity index (χ2n) is 5.14. The van der Waals surface area contributed by atoms with Gasteiger partial charge < -0.3 is 15.4 Å². The van der Waals surface area contributed by atoms with Gasteiger partial charge in [-0.3, -0.25) is 4.79 Å². The van der Waals surface area contributed by atoms with Crippen LogP contribution in [0.5, 0.6) is 5.75 Å². The summed E-state index contributed by atoms with van der Waals surface area (Å²) in [5, 5.41) is 5.95. The van der Waals surface area contributed by atoms with Crippen LogP contribution < -0.4 is 15.4 Å². The molecule has 1 fully saturated rings. The number of nitrogens with one attached hydrogen (secondary N) is 2. The number of hydrogen-bond donors (Lipinski definition) is 2. The van der Waals surface area contributed by atoms with Crippen LogP contribution in [0.1, 0.15) is 18.4 Å². The molecule has 2 rings (SSSR count). The van der Waals surface area contributed by atoms with Crippen LogP contribution in [0, 0.1) is 11.7 Å². The number of carbonyl (C=O) groups excluding carboxylic acids is 1. The number of amides is 1. The molecule has 0 saturated heterocycles. The van der Waals surface area contributed by atoms with Gasteiger partial charge in [-0.1, -0.05) is 6.07 Å². The minimum absolute atomic E-state index is 0.0142. The maximum atomic E-state index is 13.5. The average molecular weight is 280 g/mol. The van der Waals surface area contributed by atoms with Crippen molar-refractivity contribution in [1.29, 1.82) is 0 Å². The van der Waals surface area contributed by atoms with Gasteiger partial charge in [0.05, 0.1) is 13.7 Å². The molecule has 1 aliphatic carbocycles. The first-order chi connectivity index (χ1) is 9.69. The van der Waals surface area contributed by atoms with Crippen molar-refractivity contribution in [1.82, 2.24) is 10.6 Å². The minimum Gasteiger partial charge on any atom is -0.494 e. The average Bonchev–Trinajstić information content (AvgIpc) is 3.23. The molecule has 0 spiro atoms. The van der Waals surface area contributed by atoms with Crippen LogP contribution in [0.25, 0.3) is 0 Å². The molecule has 110 valence electrons. The fraction of sp³-hybridized carbons (Fsp3) is 0.533. The standard InChI is InChI=1S/C15H21FN2O2/c1-20-14-5-4-11(8-13(14)16)6-7-18-15(19)10-17-9-12-2-3-12/h4-5,8,12,17H,2-3,6-7,9-10H2,1H3,(H,18,19). The molecular formula is C15H21FN2O2. The minimum atomic E-state index is -0.373. The molecule has 0 bridgehead atoms. The monoisotopic (exact) mass is 280 g/mol. The lowest BCUT2D eigenvalue weighted by Crippen LogP contribution is -2.35. The van der Waals surface area contributed by atoms with Crippen molar-refractivity contribution in [2.24, 2.45) is 5.92 Å². The predicted molar refractivity (Wildman–Crippen MR) is 75.3 cm³/mol. The van der Waals surface area contributed by atoms with Gasteiger partial charge in [0.25, 0.3) is 0 Å². The van der Waals surface area contributed by atoms with E-state index in [4.69, 9.17) is 4.74 Å². The number of halogens is 1. The highest BCUT2D eigenvalue weighted by molar-refractivity contribution is 5.77. The Hall–Kier alpha value is -1.62. The lowest BCUT2D eigenvalue weighted by atomic mass is 10.1. The molecular weight excluding hydrogens is 259 g/mol. The zero-order chi connectivity index (χ0) is 14.4. The quantitative estimate of drug-likeness (QED) is 0.758. The van der Waals surface area contributed by atoms with Crippen LogP contribution >= 0.6 is 0 Å². The first kappa shape index (κ1) is 14.8. The number of methoxy groups -OCH3 is 1. The Morgan fingerprint density at radius 1 is 1.45 bits per heavy atom. The van der Waals surface area contributed by atoms with E-state index in [-0.39, 0.29) is 17.5 Å². The van der Waals surface area contributed by atoms with E-state index in [0.29, 0.717) is 19.5 Å². The van der Waals surface area contributed by atoms with Crippen molar-refractivity contribution < 1.29 is 13.9 Å². The van der Waals surface area contributed by atoms with Crippen LogP contribution in [0.3, 0.4) is 0 Å². The molecule has 0 heterocycles. The van der Waals surface area contributed by atoms with E-state index in [1.165, 1.54) is 26.0 Å². The van der Waals surface area contributed by atoms with Gasteiger partial charge in [0.15, 0.2) is 11.6 Å². The van der Waals surface area contributed by atoms with E-state index in [0.717, 1.165) is 18.0 Å². The van der Waals surface area contributed by atoms with Gasteiger partial charge in [0.2, 0.25) is 5.91 Å². The third-order valence-corrected chi connectivity index (χ3v) is 3.37. The summed E-state index contributed by atoms with van der Waals surface area (Å²) < 4.78 is 18.3. The van der Waals surface area contributed by atoms with Crippen molar-refractivity contribution in [2.45, 2.75) is 19.3 Å². The Kier molecular flexibility index (Phi) is 5.35. The Bertz CT molecular complexity index is 461. The first-order valence-electron chi connectivity index (χ1n) is 6.99. The summed E-state index contributed by atoms with van der Waals surface area (Å²) in [5.41, 5.74) is 0.842. The fourth-order valence-corrected chi connectivity index (χ4v) is 1.99. The molecule has 0 unspecified atom stereocenters. The second kappa shape index (κ2) is 7.24. The summed E-state index contributed by atoms with van der Waals surface area (Å²) in [4.78, 5) is 11.5. The van der Waals surface area contributed by atoms with Gasteiger partial charge in [-0.15, -0.1) is 0 Å². The highest BCUT2D eigenvalue weighted by Crippen LogP contribution is 2.27. The van der Waals surface area contributed by atoms with Crippen LogP contribution in [0.4, 0.5) is 4.39 Å². The van der Waals surface area contributed by atoms with E-state index < -0.39 is 0 Å². The third-order valence-electron chi connectivity index (χ3n) is 3.37. The number of rotatable bonds is 8. The van der Waals surface area contributed by atoms with Crippen LogP contribution in [-0.2, 0) is 11.2 Å². The van der Waals surface area contributed by atoms with Crippen molar-refractivity contribution in [3.05, 3.63) is 29.6 Å². The summed E-state index contributed by atoms with van der Waals surface area (Å²) in [5.74, 6) is 0.620. The SMILES string of the molecule is COc1ccc(CCNC(=O)CNCC2CC2)cc1F. The smallest absolute Gasteiger partial charge is 0.233 e.